The molecule has 1 N–H and O–H groups in total. The maximum absolute atomic E-state index is 13.4. The van der Waals surface area contributed by atoms with Gasteiger partial charge in [0.15, 0.2) is 0 Å². The van der Waals surface area contributed by atoms with Crippen LogP contribution >= 0.6 is 15.9 Å². The molecule has 1 unspecified atom stereocenters. The van der Waals surface area contributed by atoms with E-state index >= 15 is 0 Å². The zero-order valence-corrected chi connectivity index (χ0v) is 21.6. The minimum Gasteiger partial charge on any atom is -0.496 e. The number of aliphatic carboxylic acids is 1. The number of rotatable bonds is 8. The third-order valence-electron chi connectivity index (χ3n) is 6.02. The van der Waals surface area contributed by atoms with Crippen molar-refractivity contribution in [2.75, 3.05) is 26.7 Å². The van der Waals surface area contributed by atoms with Gasteiger partial charge in [-0.2, -0.15) is 0 Å². The lowest BCUT2D eigenvalue weighted by atomic mass is 9.85. The molecule has 0 saturated heterocycles. The van der Waals surface area contributed by atoms with E-state index in [1.807, 2.05) is 31.7 Å². The van der Waals surface area contributed by atoms with Crippen LogP contribution in [0.2, 0.25) is 0 Å². The van der Waals surface area contributed by atoms with E-state index in [1.54, 1.807) is 18.1 Å². The number of nitrogens with zero attached hydrogens (tertiary/aromatic N) is 2. The fraction of sp³-hybridized carbons (Fsp3) is 0.600. The van der Waals surface area contributed by atoms with Gasteiger partial charge in [0.25, 0.3) is 0 Å². The molecular weight excluding hydrogens is 472 g/mol. The van der Waals surface area contributed by atoms with Crippen molar-refractivity contribution >= 4 is 27.8 Å². The van der Waals surface area contributed by atoms with E-state index in [1.165, 1.54) is 0 Å². The number of amides is 1. The van der Waals surface area contributed by atoms with Crippen LogP contribution in [0.4, 0.5) is 0 Å². The van der Waals surface area contributed by atoms with E-state index in [4.69, 9.17) is 11.2 Å². The van der Waals surface area contributed by atoms with Crippen molar-refractivity contribution in [3.05, 3.63) is 27.7 Å². The van der Waals surface area contributed by atoms with Gasteiger partial charge in [-0.05, 0) is 78.2 Å². The monoisotopic (exact) mass is 506 g/mol. The maximum Gasteiger partial charge on any atom is 0.325 e. The lowest BCUT2D eigenvalue weighted by molar-refractivity contribution is -0.146. The number of ether oxygens (including phenoxy) is 1. The van der Waals surface area contributed by atoms with Gasteiger partial charge in [-0.25, -0.2) is 0 Å². The molecule has 6 nitrogen and oxygen atoms in total. The number of methoxy groups -OCH3 is 1. The van der Waals surface area contributed by atoms with E-state index in [9.17, 15) is 14.7 Å². The summed E-state index contributed by atoms with van der Waals surface area (Å²) in [4.78, 5) is 29.3. The third kappa shape index (κ3) is 6.26. The van der Waals surface area contributed by atoms with Crippen molar-refractivity contribution in [1.82, 2.24) is 9.80 Å². The predicted molar refractivity (Wildman–Crippen MR) is 130 cm³/mol. The van der Waals surface area contributed by atoms with Crippen LogP contribution in [0.3, 0.4) is 0 Å². The predicted octanol–water partition coefficient (Wildman–Crippen LogP) is 4.51. The number of carboxylic acids is 1. The Morgan fingerprint density at radius 3 is 2.50 bits per heavy atom. The average Bonchev–Trinajstić information content (AvgIpc) is 2.65. The summed E-state index contributed by atoms with van der Waals surface area (Å²) in [7, 11) is 1.58. The highest BCUT2D eigenvalue weighted by Gasteiger charge is 2.37. The Bertz CT molecular complexity index is 898. The van der Waals surface area contributed by atoms with Gasteiger partial charge in [0.2, 0.25) is 5.91 Å². The van der Waals surface area contributed by atoms with E-state index in [-0.39, 0.29) is 23.4 Å². The molecule has 32 heavy (non-hydrogen) atoms. The van der Waals surface area contributed by atoms with Crippen LogP contribution in [-0.2, 0) is 16.0 Å². The first-order chi connectivity index (χ1) is 14.8. The molecule has 0 saturated carbocycles. The number of carboxylic acid groups (broad SMARTS) is 1. The molecule has 1 aromatic rings. The second-order valence-electron chi connectivity index (χ2n) is 10.2. The van der Waals surface area contributed by atoms with Gasteiger partial charge < -0.3 is 14.7 Å². The topological polar surface area (TPSA) is 70.1 Å². The lowest BCUT2D eigenvalue weighted by Gasteiger charge is -2.41. The standard InChI is InChI=1S/C25H35BrN2O4/c1-8-10-25(5,6)11-13-28(24(2,3)4)21(29)16-27-12-9-17-14-20(32-7)19(26)15-18(17)22(27)23(30)31/h1,14-15,22H,9-13,16H2,2-7H3,(H,30,31). The fourth-order valence-corrected chi connectivity index (χ4v) is 4.68. The smallest absolute Gasteiger partial charge is 0.325 e. The zero-order valence-electron chi connectivity index (χ0n) is 20.0. The van der Waals surface area contributed by atoms with E-state index < -0.39 is 12.0 Å². The van der Waals surface area contributed by atoms with E-state index in [0.717, 1.165) is 12.0 Å². The minimum atomic E-state index is -0.965. The summed E-state index contributed by atoms with van der Waals surface area (Å²) in [6.07, 6.45) is 7.57. The largest absolute Gasteiger partial charge is 0.496 e. The molecule has 176 valence electrons. The molecule has 1 aromatic carbocycles. The molecule has 0 radical (unpaired) electrons. The summed E-state index contributed by atoms with van der Waals surface area (Å²) in [5, 5.41) is 10.0. The third-order valence-corrected chi connectivity index (χ3v) is 6.64. The number of terminal acetylenes is 1. The van der Waals surface area contributed by atoms with Gasteiger partial charge in [0, 0.05) is 25.0 Å². The number of hydrogen-bond donors (Lipinski definition) is 1. The second-order valence-corrected chi connectivity index (χ2v) is 11.0. The molecule has 1 amide bonds. The van der Waals surface area contributed by atoms with Crippen LogP contribution in [0.25, 0.3) is 0 Å². The summed E-state index contributed by atoms with van der Waals surface area (Å²) < 4.78 is 6.06. The summed E-state index contributed by atoms with van der Waals surface area (Å²) in [5.41, 5.74) is 1.18. The first-order valence-electron chi connectivity index (χ1n) is 10.9. The molecule has 0 aliphatic carbocycles. The van der Waals surface area contributed by atoms with Crippen LogP contribution in [0, 0.1) is 17.8 Å². The first kappa shape index (κ1) is 26.2. The normalized spacial score (nSPS) is 16.8. The van der Waals surface area contributed by atoms with Crippen molar-refractivity contribution in [2.45, 2.75) is 65.5 Å². The molecule has 7 heteroatoms. The molecule has 0 aromatic heterocycles. The summed E-state index contributed by atoms with van der Waals surface area (Å²) >= 11 is 3.46. The molecule has 2 rings (SSSR count). The molecule has 1 aliphatic heterocycles. The summed E-state index contributed by atoms with van der Waals surface area (Å²) in [6, 6.07) is 2.79. The molecule has 0 spiro atoms. The fourth-order valence-electron chi connectivity index (χ4n) is 4.16. The highest BCUT2D eigenvalue weighted by molar-refractivity contribution is 9.10. The molecule has 0 bridgehead atoms. The van der Waals surface area contributed by atoms with Gasteiger partial charge in [-0.3, -0.25) is 14.5 Å². The summed E-state index contributed by atoms with van der Waals surface area (Å²) in [5.74, 6) is 2.35. The molecular formula is C25H35BrN2O4. The van der Waals surface area contributed by atoms with Gasteiger partial charge in [-0.15, -0.1) is 12.3 Å². The first-order valence-corrected chi connectivity index (χ1v) is 11.7. The average molecular weight is 507 g/mol. The number of benzene rings is 1. The zero-order chi connectivity index (χ0) is 24.3. The number of carbonyl (C=O) groups is 2. The van der Waals surface area contributed by atoms with Gasteiger partial charge in [0.05, 0.1) is 18.1 Å². The van der Waals surface area contributed by atoms with Crippen LogP contribution in [0.15, 0.2) is 16.6 Å². The van der Waals surface area contributed by atoms with Crippen molar-refractivity contribution < 1.29 is 19.4 Å². The molecule has 1 aliphatic rings. The van der Waals surface area contributed by atoms with Crippen LogP contribution in [-0.4, -0.2) is 59.1 Å². The molecule has 1 heterocycles. The Morgan fingerprint density at radius 1 is 1.31 bits per heavy atom. The molecule has 0 fully saturated rings. The van der Waals surface area contributed by atoms with Crippen molar-refractivity contribution in [3.63, 3.8) is 0 Å². The Labute approximate surface area is 200 Å². The van der Waals surface area contributed by atoms with E-state index in [0.29, 0.717) is 41.7 Å². The second kappa shape index (κ2) is 10.3. The molecule has 1 atom stereocenters. The van der Waals surface area contributed by atoms with Crippen molar-refractivity contribution in [2.24, 2.45) is 5.41 Å². The van der Waals surface area contributed by atoms with Crippen LogP contribution in [0.5, 0.6) is 5.75 Å². The number of hydrogen-bond acceptors (Lipinski definition) is 4. The number of carbonyl (C=O) groups excluding carboxylic acids is 1. The number of halogens is 1. The Morgan fingerprint density at radius 2 is 1.97 bits per heavy atom. The highest BCUT2D eigenvalue weighted by Crippen LogP contribution is 2.37. The SMILES string of the molecule is C#CCC(C)(C)CCN(C(=O)CN1CCc2cc(OC)c(Br)cc2C1C(=O)O)C(C)(C)C. The Balaban J connectivity index is 2.26. The lowest BCUT2D eigenvalue weighted by Crippen LogP contribution is -2.52. The van der Waals surface area contributed by atoms with Crippen molar-refractivity contribution in [1.29, 1.82) is 0 Å². The minimum absolute atomic E-state index is 0.0485. The van der Waals surface area contributed by atoms with Crippen LogP contribution < -0.4 is 4.74 Å². The van der Waals surface area contributed by atoms with Crippen molar-refractivity contribution in [3.8, 4) is 18.1 Å². The summed E-state index contributed by atoms with van der Waals surface area (Å²) in [6.45, 7) is 11.3. The van der Waals surface area contributed by atoms with Crippen LogP contribution in [0.1, 0.15) is 64.6 Å². The Hall–Kier alpha value is -2.04. The van der Waals surface area contributed by atoms with Gasteiger partial charge in [0.1, 0.15) is 11.8 Å². The Kier molecular flexibility index (Phi) is 8.41. The van der Waals surface area contributed by atoms with E-state index in [2.05, 4.69) is 35.7 Å². The quantitative estimate of drug-likeness (QED) is 0.525. The number of fused-ring (bicyclic) bond motifs is 1. The highest BCUT2D eigenvalue weighted by atomic mass is 79.9. The maximum atomic E-state index is 13.4. The van der Waals surface area contributed by atoms with Gasteiger partial charge in [-0.1, -0.05) is 13.8 Å². The van der Waals surface area contributed by atoms with Gasteiger partial charge >= 0.3 is 5.97 Å².